The summed E-state index contributed by atoms with van der Waals surface area (Å²) in [5.74, 6) is 0.00840. The van der Waals surface area contributed by atoms with Crippen molar-refractivity contribution in [2.24, 2.45) is 0 Å². The molecule has 1 fully saturated rings. The number of nitrogens with one attached hydrogen (secondary N) is 1. The van der Waals surface area contributed by atoms with Crippen molar-refractivity contribution in [3.8, 4) is 0 Å². The van der Waals surface area contributed by atoms with E-state index in [1.807, 2.05) is 24.5 Å². The molecule has 4 heteroatoms. The molecule has 154 valence electrons. The number of unbranched alkanes of at least 4 members (excludes halogenated alkanes) is 3. The third kappa shape index (κ3) is 6.52. The van der Waals surface area contributed by atoms with E-state index in [9.17, 15) is 4.79 Å². The van der Waals surface area contributed by atoms with Gasteiger partial charge in [0.15, 0.2) is 0 Å². The quantitative estimate of drug-likeness (QED) is 0.412. The molecule has 1 amide bonds. The highest BCUT2D eigenvalue weighted by molar-refractivity contribution is 5.87. The van der Waals surface area contributed by atoms with Crippen LogP contribution >= 0.6 is 0 Å². The molecule has 0 radical (unpaired) electrons. The number of carbonyl (C=O) groups excluding carboxylic acids is 1. The lowest BCUT2D eigenvalue weighted by Crippen LogP contribution is -2.22. The van der Waals surface area contributed by atoms with Crippen molar-refractivity contribution in [2.75, 3.05) is 6.54 Å². The number of rotatable bonds is 12. The van der Waals surface area contributed by atoms with Gasteiger partial charge >= 0.3 is 0 Å². The largest absolute Gasteiger partial charge is 0.353 e. The molecular weight excluding hydrogens is 358 g/mol. The Morgan fingerprint density at radius 2 is 1.93 bits per heavy atom. The molecule has 0 atom stereocenters. The zero-order valence-corrected chi connectivity index (χ0v) is 17.6. The third-order valence-electron chi connectivity index (χ3n) is 5.70. The number of aromatic nitrogens is 2. The summed E-state index contributed by atoms with van der Waals surface area (Å²) in [6.07, 6.45) is 19.3. The van der Waals surface area contributed by atoms with Crippen LogP contribution < -0.4 is 5.32 Å². The third-order valence-corrected chi connectivity index (χ3v) is 5.70. The SMILES string of the molecule is CCCCCc1ncccc1C1(/C=C/C(=O)NCCCCc2cccnc2)CC1. The Morgan fingerprint density at radius 3 is 2.69 bits per heavy atom. The van der Waals surface area contributed by atoms with Gasteiger partial charge in [0.1, 0.15) is 0 Å². The Labute approximate surface area is 174 Å². The van der Waals surface area contributed by atoms with Crippen LogP contribution in [0.3, 0.4) is 0 Å². The van der Waals surface area contributed by atoms with Gasteiger partial charge in [0.25, 0.3) is 0 Å². The zero-order chi connectivity index (χ0) is 20.4. The van der Waals surface area contributed by atoms with Crippen LogP contribution in [0.25, 0.3) is 0 Å². The van der Waals surface area contributed by atoms with E-state index in [2.05, 4.69) is 40.4 Å². The standard InChI is InChI=1S/C25H33N3O/c1-2-3-4-12-23-22(11-8-19-27-23)25(15-16-25)14-13-24(29)28-18-6-5-9-21-10-7-17-26-20-21/h7-8,10-11,13-14,17,19-20H,2-6,9,12,15-16,18H2,1H3,(H,28,29)/b14-13+. The Morgan fingerprint density at radius 1 is 1.10 bits per heavy atom. The first-order valence-electron chi connectivity index (χ1n) is 11.0. The van der Waals surface area contributed by atoms with E-state index in [1.54, 1.807) is 12.3 Å². The summed E-state index contributed by atoms with van der Waals surface area (Å²) in [5, 5.41) is 3.02. The number of allylic oxidation sites excluding steroid dienone is 1. The minimum absolute atomic E-state index is 0.00840. The molecule has 0 spiro atoms. The average molecular weight is 392 g/mol. The molecule has 1 aliphatic carbocycles. The lowest BCUT2D eigenvalue weighted by molar-refractivity contribution is -0.116. The first kappa shape index (κ1) is 21.2. The van der Waals surface area contributed by atoms with E-state index in [0.717, 1.165) is 38.5 Å². The number of hydrogen-bond donors (Lipinski definition) is 1. The van der Waals surface area contributed by atoms with Crippen LogP contribution in [-0.2, 0) is 23.1 Å². The molecule has 0 aromatic carbocycles. The molecule has 2 heterocycles. The van der Waals surface area contributed by atoms with Gasteiger partial charge in [-0.25, -0.2) is 0 Å². The highest BCUT2D eigenvalue weighted by Crippen LogP contribution is 2.50. The van der Waals surface area contributed by atoms with E-state index in [-0.39, 0.29) is 11.3 Å². The number of carbonyl (C=O) groups is 1. The van der Waals surface area contributed by atoms with Crippen molar-refractivity contribution in [3.05, 3.63) is 71.8 Å². The fourth-order valence-corrected chi connectivity index (χ4v) is 3.80. The predicted molar refractivity (Wildman–Crippen MR) is 118 cm³/mol. The van der Waals surface area contributed by atoms with Crippen LogP contribution in [0.2, 0.25) is 0 Å². The Bertz CT molecular complexity index is 797. The Hall–Kier alpha value is -2.49. The van der Waals surface area contributed by atoms with E-state index in [1.165, 1.54) is 36.1 Å². The van der Waals surface area contributed by atoms with E-state index < -0.39 is 0 Å². The summed E-state index contributed by atoms with van der Waals surface area (Å²) >= 11 is 0. The van der Waals surface area contributed by atoms with Gasteiger partial charge in [-0.3, -0.25) is 14.8 Å². The maximum atomic E-state index is 12.3. The summed E-state index contributed by atoms with van der Waals surface area (Å²) in [5.41, 5.74) is 3.80. The lowest BCUT2D eigenvalue weighted by atomic mass is 9.92. The minimum Gasteiger partial charge on any atom is -0.353 e. The van der Waals surface area contributed by atoms with Crippen LogP contribution in [0, 0.1) is 0 Å². The molecule has 3 rings (SSSR count). The number of nitrogens with zero attached hydrogens (tertiary/aromatic N) is 2. The van der Waals surface area contributed by atoms with Crippen LogP contribution in [0.15, 0.2) is 55.0 Å². The first-order valence-corrected chi connectivity index (χ1v) is 11.0. The molecule has 0 unspecified atom stereocenters. The zero-order valence-electron chi connectivity index (χ0n) is 17.6. The highest BCUT2D eigenvalue weighted by atomic mass is 16.1. The van der Waals surface area contributed by atoms with Gasteiger partial charge in [0, 0.05) is 36.2 Å². The molecule has 2 aromatic rings. The van der Waals surface area contributed by atoms with Crippen molar-refractivity contribution in [2.45, 2.75) is 70.1 Å². The average Bonchev–Trinajstić information content (AvgIpc) is 3.54. The topological polar surface area (TPSA) is 54.9 Å². The smallest absolute Gasteiger partial charge is 0.243 e. The fourth-order valence-electron chi connectivity index (χ4n) is 3.80. The van der Waals surface area contributed by atoms with E-state index in [0.29, 0.717) is 6.54 Å². The molecule has 4 nitrogen and oxygen atoms in total. The highest BCUT2D eigenvalue weighted by Gasteiger charge is 2.43. The molecule has 0 bridgehead atoms. The molecule has 1 N–H and O–H groups in total. The number of aryl methyl sites for hydroxylation is 2. The Balaban J connectivity index is 1.45. The van der Waals surface area contributed by atoms with E-state index >= 15 is 0 Å². The van der Waals surface area contributed by atoms with Crippen molar-refractivity contribution < 1.29 is 4.79 Å². The molecule has 1 saturated carbocycles. The number of hydrogen-bond acceptors (Lipinski definition) is 3. The van der Waals surface area contributed by atoms with Crippen LogP contribution in [0.5, 0.6) is 0 Å². The lowest BCUT2D eigenvalue weighted by Gasteiger charge is -2.15. The van der Waals surface area contributed by atoms with Gasteiger partial charge < -0.3 is 5.32 Å². The molecule has 0 saturated heterocycles. The summed E-state index contributed by atoms with van der Waals surface area (Å²) in [7, 11) is 0. The minimum atomic E-state index is 0.00840. The second-order valence-electron chi connectivity index (χ2n) is 8.05. The maximum Gasteiger partial charge on any atom is 0.243 e. The van der Waals surface area contributed by atoms with Gasteiger partial charge in [-0.2, -0.15) is 0 Å². The van der Waals surface area contributed by atoms with Crippen molar-refractivity contribution in [3.63, 3.8) is 0 Å². The summed E-state index contributed by atoms with van der Waals surface area (Å²) in [4.78, 5) is 21.0. The summed E-state index contributed by atoms with van der Waals surface area (Å²) in [6, 6.07) is 8.28. The number of pyridine rings is 2. The molecule has 0 aliphatic heterocycles. The van der Waals surface area contributed by atoms with Crippen molar-refractivity contribution >= 4 is 5.91 Å². The molecule has 1 aliphatic rings. The van der Waals surface area contributed by atoms with Gasteiger partial charge in [0.05, 0.1) is 0 Å². The molecular formula is C25H33N3O. The molecule has 2 aromatic heterocycles. The van der Waals surface area contributed by atoms with E-state index in [4.69, 9.17) is 0 Å². The monoisotopic (exact) mass is 391 g/mol. The van der Waals surface area contributed by atoms with Crippen LogP contribution in [-0.4, -0.2) is 22.4 Å². The van der Waals surface area contributed by atoms with Crippen molar-refractivity contribution in [1.82, 2.24) is 15.3 Å². The summed E-state index contributed by atoms with van der Waals surface area (Å²) < 4.78 is 0. The second-order valence-corrected chi connectivity index (χ2v) is 8.05. The predicted octanol–water partition coefficient (Wildman–Crippen LogP) is 4.94. The molecule has 29 heavy (non-hydrogen) atoms. The van der Waals surface area contributed by atoms with Crippen molar-refractivity contribution in [1.29, 1.82) is 0 Å². The Kier molecular flexibility index (Phi) is 7.97. The van der Waals surface area contributed by atoms with Gasteiger partial charge in [0.2, 0.25) is 5.91 Å². The van der Waals surface area contributed by atoms with Gasteiger partial charge in [-0.15, -0.1) is 0 Å². The number of amides is 1. The van der Waals surface area contributed by atoms with Gasteiger partial charge in [-0.1, -0.05) is 38.0 Å². The van der Waals surface area contributed by atoms with Gasteiger partial charge in [-0.05, 0) is 74.3 Å². The maximum absolute atomic E-state index is 12.3. The second kappa shape index (κ2) is 10.9. The first-order chi connectivity index (χ1) is 14.2. The summed E-state index contributed by atoms with van der Waals surface area (Å²) in [6.45, 7) is 2.94. The fraction of sp³-hybridized carbons (Fsp3) is 0.480. The van der Waals surface area contributed by atoms with Crippen LogP contribution in [0.4, 0.5) is 0 Å². The van der Waals surface area contributed by atoms with Crippen LogP contribution in [0.1, 0.15) is 68.7 Å². The normalized spacial score (nSPS) is 14.8.